The largest absolute Gasteiger partial charge is 0.313 e. The van der Waals surface area contributed by atoms with Crippen LogP contribution >= 0.6 is 24.0 Å². The summed E-state index contributed by atoms with van der Waals surface area (Å²) >= 11 is 5.68. The number of hydrogen-bond donors (Lipinski definition) is 2. The first kappa shape index (κ1) is 17.7. The van der Waals surface area contributed by atoms with Crippen LogP contribution in [0.1, 0.15) is 19.8 Å². The Bertz CT molecular complexity index is 548. The zero-order valence-corrected chi connectivity index (χ0v) is 13.3. The fraction of sp³-hybridized carbons (Fsp3) is 0.500. The van der Waals surface area contributed by atoms with E-state index in [0.717, 1.165) is 31.5 Å². The van der Waals surface area contributed by atoms with Gasteiger partial charge in [-0.3, -0.25) is 0 Å². The van der Waals surface area contributed by atoms with E-state index in [1.165, 1.54) is 6.07 Å². The normalized spacial score (nSPS) is 23.1. The van der Waals surface area contributed by atoms with E-state index in [1.807, 2.05) is 6.92 Å². The smallest absolute Gasteiger partial charge is 0.241 e. The van der Waals surface area contributed by atoms with Crippen LogP contribution in [0.2, 0.25) is 5.02 Å². The number of piperidine rings is 1. The lowest BCUT2D eigenvalue weighted by Crippen LogP contribution is -2.51. The Kier molecular flexibility index (Phi) is 6.22. The predicted molar refractivity (Wildman–Crippen MR) is 79.5 cm³/mol. The second-order valence-corrected chi connectivity index (χ2v) is 6.87. The molecule has 0 radical (unpaired) electrons. The highest BCUT2D eigenvalue weighted by molar-refractivity contribution is 7.89. The summed E-state index contributed by atoms with van der Waals surface area (Å²) in [6.07, 6.45) is 1.66. The molecule has 0 saturated carbocycles. The number of rotatable bonds is 3. The SMILES string of the molecule is CC1NCCCC1NS(=O)(=O)c1cc(F)cc(Cl)c1.Cl. The molecular formula is C12H17Cl2FN2O2S. The van der Waals surface area contributed by atoms with E-state index >= 15 is 0 Å². The van der Waals surface area contributed by atoms with Crippen molar-refractivity contribution < 1.29 is 12.8 Å². The summed E-state index contributed by atoms with van der Waals surface area (Å²) in [6.45, 7) is 2.80. The molecule has 1 aliphatic rings. The van der Waals surface area contributed by atoms with Crippen LogP contribution in [-0.2, 0) is 10.0 Å². The van der Waals surface area contributed by atoms with Gasteiger partial charge in [0.15, 0.2) is 0 Å². The van der Waals surface area contributed by atoms with Gasteiger partial charge < -0.3 is 5.32 Å². The molecule has 1 heterocycles. The van der Waals surface area contributed by atoms with Crippen molar-refractivity contribution in [3.63, 3.8) is 0 Å². The first-order valence-electron chi connectivity index (χ1n) is 6.10. The molecule has 2 atom stereocenters. The molecule has 0 aliphatic carbocycles. The van der Waals surface area contributed by atoms with Crippen molar-refractivity contribution in [3.05, 3.63) is 29.0 Å². The summed E-state index contributed by atoms with van der Waals surface area (Å²) in [5.74, 6) is -0.664. The lowest BCUT2D eigenvalue weighted by atomic mass is 10.0. The van der Waals surface area contributed by atoms with E-state index in [0.29, 0.717) is 0 Å². The van der Waals surface area contributed by atoms with Crippen molar-refractivity contribution in [2.45, 2.75) is 36.7 Å². The van der Waals surface area contributed by atoms with Crippen LogP contribution in [0.15, 0.2) is 23.1 Å². The maximum Gasteiger partial charge on any atom is 0.241 e. The molecule has 1 fully saturated rings. The van der Waals surface area contributed by atoms with Gasteiger partial charge in [-0.2, -0.15) is 0 Å². The van der Waals surface area contributed by atoms with Crippen molar-refractivity contribution >= 4 is 34.0 Å². The quantitative estimate of drug-likeness (QED) is 0.886. The molecule has 2 rings (SSSR count). The molecule has 20 heavy (non-hydrogen) atoms. The third-order valence-electron chi connectivity index (χ3n) is 3.21. The molecule has 0 spiro atoms. The Morgan fingerprint density at radius 3 is 2.70 bits per heavy atom. The Morgan fingerprint density at radius 2 is 2.10 bits per heavy atom. The van der Waals surface area contributed by atoms with Gasteiger partial charge in [0.25, 0.3) is 0 Å². The van der Waals surface area contributed by atoms with Gasteiger partial charge in [0, 0.05) is 17.1 Å². The van der Waals surface area contributed by atoms with Crippen LogP contribution in [-0.4, -0.2) is 27.0 Å². The summed E-state index contributed by atoms with van der Waals surface area (Å²) in [7, 11) is -3.75. The summed E-state index contributed by atoms with van der Waals surface area (Å²) < 4.78 is 40.2. The fourth-order valence-corrected chi connectivity index (χ4v) is 3.85. The average molecular weight is 343 g/mol. The van der Waals surface area contributed by atoms with E-state index in [9.17, 15) is 12.8 Å². The molecular weight excluding hydrogens is 326 g/mol. The summed E-state index contributed by atoms with van der Waals surface area (Å²) in [5.41, 5.74) is 0. The lowest BCUT2D eigenvalue weighted by molar-refractivity contribution is 0.349. The molecule has 1 aromatic carbocycles. The summed E-state index contributed by atoms with van der Waals surface area (Å²) in [5, 5.41) is 3.27. The second-order valence-electron chi connectivity index (χ2n) is 4.72. The number of nitrogens with one attached hydrogen (secondary N) is 2. The molecule has 2 N–H and O–H groups in total. The highest BCUT2D eigenvalue weighted by Gasteiger charge is 2.26. The van der Waals surface area contributed by atoms with Gasteiger partial charge in [0.05, 0.1) is 4.90 Å². The van der Waals surface area contributed by atoms with Gasteiger partial charge in [-0.15, -0.1) is 12.4 Å². The molecule has 0 amide bonds. The van der Waals surface area contributed by atoms with E-state index in [4.69, 9.17) is 11.6 Å². The molecule has 2 unspecified atom stereocenters. The standard InChI is InChI=1S/C12H16ClFN2O2S.ClH/c1-8-12(3-2-4-15-8)16-19(17,18)11-6-9(13)5-10(14)7-11;/h5-8,12,15-16H,2-4H2,1H3;1H. The molecule has 8 heteroatoms. The Balaban J connectivity index is 0.00000200. The number of sulfonamides is 1. The predicted octanol–water partition coefficient (Wildman–Crippen LogP) is 2.32. The first-order chi connectivity index (χ1) is 8.88. The number of benzene rings is 1. The Labute approximate surface area is 129 Å². The van der Waals surface area contributed by atoms with Gasteiger partial charge in [-0.1, -0.05) is 11.6 Å². The van der Waals surface area contributed by atoms with Crippen LogP contribution < -0.4 is 10.0 Å². The highest BCUT2D eigenvalue weighted by atomic mass is 35.5. The lowest BCUT2D eigenvalue weighted by Gasteiger charge is -2.30. The maximum absolute atomic E-state index is 13.2. The van der Waals surface area contributed by atoms with Gasteiger partial charge in [0.2, 0.25) is 10.0 Å². The van der Waals surface area contributed by atoms with E-state index in [1.54, 1.807) is 0 Å². The Hall–Kier alpha value is -0.400. The van der Waals surface area contributed by atoms with Gasteiger partial charge in [-0.05, 0) is 44.5 Å². The molecule has 1 aliphatic heterocycles. The topological polar surface area (TPSA) is 58.2 Å². The van der Waals surface area contributed by atoms with Gasteiger partial charge in [0.1, 0.15) is 5.82 Å². The van der Waals surface area contributed by atoms with E-state index in [-0.39, 0.29) is 34.4 Å². The van der Waals surface area contributed by atoms with Crippen molar-refractivity contribution in [2.75, 3.05) is 6.54 Å². The van der Waals surface area contributed by atoms with Crippen molar-refractivity contribution in [1.82, 2.24) is 10.0 Å². The van der Waals surface area contributed by atoms with E-state index < -0.39 is 15.8 Å². The van der Waals surface area contributed by atoms with E-state index in [2.05, 4.69) is 10.0 Å². The minimum absolute atomic E-state index is 0. The minimum Gasteiger partial charge on any atom is -0.313 e. The average Bonchev–Trinajstić information content (AvgIpc) is 2.31. The summed E-state index contributed by atoms with van der Waals surface area (Å²) in [4.78, 5) is -0.143. The highest BCUT2D eigenvalue weighted by Crippen LogP contribution is 2.19. The van der Waals surface area contributed by atoms with Crippen molar-refractivity contribution in [2.24, 2.45) is 0 Å². The number of halogens is 3. The fourth-order valence-electron chi connectivity index (χ4n) is 2.16. The van der Waals surface area contributed by atoms with Crippen LogP contribution in [0.4, 0.5) is 4.39 Å². The Morgan fingerprint density at radius 1 is 1.40 bits per heavy atom. The number of hydrogen-bond acceptors (Lipinski definition) is 3. The van der Waals surface area contributed by atoms with Gasteiger partial charge in [-0.25, -0.2) is 17.5 Å². The molecule has 0 aromatic heterocycles. The molecule has 4 nitrogen and oxygen atoms in total. The van der Waals surface area contributed by atoms with Crippen LogP contribution in [0.25, 0.3) is 0 Å². The zero-order valence-electron chi connectivity index (χ0n) is 10.9. The monoisotopic (exact) mass is 342 g/mol. The van der Waals surface area contributed by atoms with Crippen LogP contribution in [0.3, 0.4) is 0 Å². The third kappa shape index (κ3) is 4.30. The molecule has 114 valence electrons. The molecule has 0 bridgehead atoms. The third-order valence-corrected chi connectivity index (χ3v) is 4.90. The van der Waals surface area contributed by atoms with Crippen molar-refractivity contribution in [3.8, 4) is 0 Å². The molecule has 1 aromatic rings. The van der Waals surface area contributed by atoms with Crippen LogP contribution in [0, 0.1) is 5.82 Å². The minimum atomic E-state index is -3.75. The molecule has 1 saturated heterocycles. The first-order valence-corrected chi connectivity index (χ1v) is 7.96. The zero-order chi connectivity index (χ0) is 14.0. The van der Waals surface area contributed by atoms with Gasteiger partial charge >= 0.3 is 0 Å². The van der Waals surface area contributed by atoms with Crippen LogP contribution in [0.5, 0.6) is 0 Å². The summed E-state index contributed by atoms with van der Waals surface area (Å²) in [6, 6.07) is 3.14. The van der Waals surface area contributed by atoms with Crippen molar-refractivity contribution in [1.29, 1.82) is 0 Å². The second kappa shape index (κ2) is 7.04. The maximum atomic E-state index is 13.2.